The molecule has 0 N–H and O–H groups in total. The van der Waals surface area contributed by atoms with Crippen molar-refractivity contribution in [2.75, 3.05) is 13.7 Å². The Morgan fingerprint density at radius 3 is 2.81 bits per heavy atom. The maximum Gasteiger partial charge on any atom is 0.356 e. The molecule has 1 saturated heterocycles. The topological polar surface area (TPSA) is 102 Å². The summed E-state index contributed by atoms with van der Waals surface area (Å²) < 4.78 is 16.0. The zero-order valence-electron chi connectivity index (χ0n) is 17.9. The van der Waals surface area contributed by atoms with E-state index in [2.05, 4.69) is 15.2 Å². The number of hydrogen-bond acceptors (Lipinski definition) is 7. The maximum atomic E-state index is 12.2. The minimum absolute atomic E-state index is 0.189. The zero-order valence-corrected chi connectivity index (χ0v) is 17.9. The van der Waals surface area contributed by atoms with Gasteiger partial charge in [0.2, 0.25) is 0 Å². The van der Waals surface area contributed by atoms with Gasteiger partial charge in [-0.25, -0.2) is 14.8 Å². The molecule has 1 aliphatic heterocycles. The Kier molecular flexibility index (Phi) is 4.58. The predicted octanol–water partition coefficient (Wildman–Crippen LogP) is 2.12. The van der Waals surface area contributed by atoms with Crippen LogP contribution in [0, 0.1) is 6.92 Å². The number of hydrogen-bond donors (Lipinski definition) is 0. The van der Waals surface area contributed by atoms with E-state index in [9.17, 15) is 4.79 Å². The lowest BCUT2D eigenvalue weighted by Crippen LogP contribution is -2.31. The number of nitrogens with zero attached hydrogens (tertiary/aromatic N) is 7. The second kappa shape index (κ2) is 7.31. The number of carbonyl (C=O) groups is 1. The molecule has 0 radical (unpaired) electrons. The molecule has 10 heteroatoms. The van der Waals surface area contributed by atoms with Crippen molar-refractivity contribution >= 4 is 16.9 Å². The highest BCUT2D eigenvalue weighted by Gasteiger charge is 2.24. The zero-order chi connectivity index (χ0) is 21.7. The molecule has 0 bridgehead atoms. The highest BCUT2D eigenvalue weighted by molar-refractivity contribution is 5.97. The van der Waals surface area contributed by atoms with Crippen molar-refractivity contribution in [1.82, 2.24) is 34.1 Å². The van der Waals surface area contributed by atoms with Gasteiger partial charge in [0.05, 0.1) is 42.9 Å². The molecular formula is C21H23N7O3. The Bertz CT molecular complexity index is 1300. The third kappa shape index (κ3) is 3.28. The van der Waals surface area contributed by atoms with Gasteiger partial charge >= 0.3 is 5.97 Å². The lowest BCUT2D eigenvalue weighted by molar-refractivity contribution is -0.0606. The Morgan fingerprint density at radius 1 is 1.29 bits per heavy atom. The molecule has 10 nitrogen and oxygen atoms in total. The molecule has 0 unspecified atom stereocenters. The Morgan fingerprint density at radius 2 is 2.10 bits per heavy atom. The van der Waals surface area contributed by atoms with Crippen LogP contribution in [0.3, 0.4) is 0 Å². The normalized spacial score (nSPS) is 15.9. The molecule has 0 saturated carbocycles. The number of fused-ring (bicyclic) bond motifs is 1. The molecule has 5 heterocycles. The van der Waals surface area contributed by atoms with Crippen LogP contribution in [0.1, 0.15) is 22.6 Å². The highest BCUT2D eigenvalue weighted by atomic mass is 16.5. The fraction of sp³-hybridized carbons (Fsp3) is 0.381. The van der Waals surface area contributed by atoms with Crippen molar-refractivity contribution in [3.05, 3.63) is 35.9 Å². The summed E-state index contributed by atoms with van der Waals surface area (Å²) in [4.78, 5) is 21.6. The average molecular weight is 421 g/mol. The van der Waals surface area contributed by atoms with Crippen LogP contribution in [-0.2, 0) is 30.1 Å². The summed E-state index contributed by atoms with van der Waals surface area (Å²) in [5.74, 6) is 0.122. The predicted molar refractivity (Wildman–Crippen MR) is 112 cm³/mol. The van der Waals surface area contributed by atoms with E-state index in [4.69, 9.17) is 14.5 Å². The number of carbonyl (C=O) groups excluding carboxylic acids is 1. The summed E-state index contributed by atoms with van der Waals surface area (Å²) in [6, 6.07) is 3.70. The van der Waals surface area contributed by atoms with Crippen LogP contribution in [-0.4, -0.2) is 59.9 Å². The van der Waals surface area contributed by atoms with Crippen molar-refractivity contribution in [2.24, 2.45) is 14.1 Å². The largest absolute Gasteiger partial charge is 0.464 e. The second-order valence-corrected chi connectivity index (χ2v) is 7.74. The average Bonchev–Trinajstić information content (AvgIpc) is 3.40. The standard InChI is InChI=1S/C21H23N7O3/c1-12-7-18(28(25-12)10-13-5-6-31-13)16-11-26(2)20(24-16)19-14-9-22-27(3)17(14)8-15(23-19)21(29)30-4/h7-9,11,13H,5-6,10H2,1-4H3/t13-/m0/s1. The third-order valence-electron chi connectivity index (χ3n) is 5.56. The maximum absolute atomic E-state index is 12.2. The first-order chi connectivity index (χ1) is 14.9. The number of rotatable bonds is 5. The summed E-state index contributed by atoms with van der Waals surface area (Å²) in [7, 11) is 5.06. The van der Waals surface area contributed by atoms with E-state index in [0.717, 1.165) is 41.0 Å². The van der Waals surface area contributed by atoms with Gasteiger partial charge in [0.15, 0.2) is 11.5 Å². The number of aromatic nitrogens is 7. The monoisotopic (exact) mass is 421 g/mol. The Labute approximate surface area is 178 Å². The van der Waals surface area contributed by atoms with Crippen LogP contribution >= 0.6 is 0 Å². The summed E-state index contributed by atoms with van der Waals surface area (Å²) in [6.07, 6.45) is 4.90. The summed E-state index contributed by atoms with van der Waals surface area (Å²) in [5, 5.41) is 9.76. The SMILES string of the molecule is COC(=O)c1cc2c(cnn2C)c(-c2nc(-c3cc(C)nn3C[C@@H]3CCO3)cn2C)n1. The Balaban J connectivity index is 1.63. The van der Waals surface area contributed by atoms with E-state index in [-0.39, 0.29) is 11.8 Å². The van der Waals surface area contributed by atoms with Crippen LogP contribution in [0.5, 0.6) is 0 Å². The first-order valence-electron chi connectivity index (χ1n) is 10.1. The number of methoxy groups -OCH3 is 1. The summed E-state index contributed by atoms with van der Waals surface area (Å²) in [5.41, 5.74) is 4.17. The molecule has 4 aromatic rings. The van der Waals surface area contributed by atoms with Gasteiger partial charge in [-0.1, -0.05) is 0 Å². The van der Waals surface area contributed by atoms with Crippen molar-refractivity contribution in [3.63, 3.8) is 0 Å². The van der Waals surface area contributed by atoms with Crippen LogP contribution < -0.4 is 0 Å². The molecule has 1 aliphatic rings. The fourth-order valence-electron chi connectivity index (χ4n) is 3.84. The Hall–Kier alpha value is -3.53. The van der Waals surface area contributed by atoms with Crippen LogP contribution in [0.15, 0.2) is 24.5 Å². The molecule has 0 aliphatic carbocycles. The molecule has 5 rings (SSSR count). The first kappa shape index (κ1) is 19.4. The summed E-state index contributed by atoms with van der Waals surface area (Å²) >= 11 is 0. The molecule has 0 aromatic carbocycles. The minimum atomic E-state index is -0.506. The van der Waals surface area contributed by atoms with Crippen molar-refractivity contribution in [1.29, 1.82) is 0 Å². The van der Waals surface area contributed by atoms with Crippen LogP contribution in [0.4, 0.5) is 0 Å². The van der Waals surface area contributed by atoms with Gasteiger partial charge in [-0.05, 0) is 25.5 Å². The van der Waals surface area contributed by atoms with Gasteiger partial charge in [0.1, 0.15) is 11.4 Å². The molecular weight excluding hydrogens is 398 g/mol. The van der Waals surface area contributed by atoms with E-state index in [0.29, 0.717) is 18.1 Å². The van der Waals surface area contributed by atoms with E-state index < -0.39 is 5.97 Å². The van der Waals surface area contributed by atoms with Gasteiger partial charge in [0, 0.05) is 32.3 Å². The van der Waals surface area contributed by atoms with Crippen molar-refractivity contribution in [3.8, 4) is 22.9 Å². The molecule has 4 aromatic heterocycles. The highest BCUT2D eigenvalue weighted by Crippen LogP contribution is 2.30. The van der Waals surface area contributed by atoms with Gasteiger partial charge in [-0.15, -0.1) is 0 Å². The van der Waals surface area contributed by atoms with E-state index in [1.807, 2.05) is 42.5 Å². The molecule has 160 valence electrons. The van der Waals surface area contributed by atoms with E-state index >= 15 is 0 Å². The number of esters is 1. The van der Waals surface area contributed by atoms with Gasteiger partial charge in [-0.3, -0.25) is 9.36 Å². The van der Waals surface area contributed by atoms with Crippen LogP contribution in [0.25, 0.3) is 33.8 Å². The minimum Gasteiger partial charge on any atom is -0.464 e. The number of ether oxygens (including phenoxy) is 2. The lowest BCUT2D eigenvalue weighted by Gasteiger charge is -2.26. The number of pyridine rings is 1. The first-order valence-corrected chi connectivity index (χ1v) is 10.1. The molecule has 1 fully saturated rings. The molecule has 0 amide bonds. The van der Waals surface area contributed by atoms with Crippen molar-refractivity contribution < 1.29 is 14.3 Å². The van der Waals surface area contributed by atoms with E-state index in [1.54, 1.807) is 16.9 Å². The van der Waals surface area contributed by atoms with Gasteiger partial charge < -0.3 is 14.0 Å². The number of aryl methyl sites for hydroxylation is 3. The second-order valence-electron chi connectivity index (χ2n) is 7.74. The van der Waals surface area contributed by atoms with E-state index in [1.165, 1.54) is 7.11 Å². The molecule has 31 heavy (non-hydrogen) atoms. The van der Waals surface area contributed by atoms with Crippen molar-refractivity contribution in [2.45, 2.75) is 26.0 Å². The number of imidazole rings is 1. The summed E-state index contributed by atoms with van der Waals surface area (Å²) in [6.45, 7) is 3.46. The van der Waals surface area contributed by atoms with Crippen LogP contribution in [0.2, 0.25) is 0 Å². The fourth-order valence-corrected chi connectivity index (χ4v) is 3.84. The smallest absolute Gasteiger partial charge is 0.356 e. The molecule has 0 spiro atoms. The molecule has 1 atom stereocenters. The third-order valence-corrected chi connectivity index (χ3v) is 5.56. The lowest BCUT2D eigenvalue weighted by atomic mass is 10.2. The quantitative estimate of drug-likeness (QED) is 0.455. The van der Waals surface area contributed by atoms with Gasteiger partial charge in [0.25, 0.3) is 0 Å². The van der Waals surface area contributed by atoms with Gasteiger partial charge in [-0.2, -0.15) is 10.2 Å².